The molecule has 0 spiro atoms. The van der Waals surface area contributed by atoms with Crippen LogP contribution in [0, 0.1) is 5.41 Å². The van der Waals surface area contributed by atoms with E-state index in [-0.39, 0.29) is 11.4 Å². The van der Waals surface area contributed by atoms with Crippen LogP contribution in [-0.4, -0.2) is 73.3 Å². The molecule has 0 amide bonds. The van der Waals surface area contributed by atoms with Crippen LogP contribution in [0.5, 0.6) is 0 Å². The molecule has 22 heavy (non-hydrogen) atoms. The first-order chi connectivity index (χ1) is 10.7. The molecule has 2 aliphatic heterocycles. The van der Waals surface area contributed by atoms with Gasteiger partial charge in [0.15, 0.2) is 0 Å². The number of hydrogen-bond donors (Lipinski definition) is 0. The Labute approximate surface area is 143 Å². The zero-order valence-corrected chi connectivity index (χ0v) is 15.5. The van der Waals surface area contributed by atoms with Crippen LogP contribution in [0.1, 0.15) is 26.2 Å². The van der Waals surface area contributed by atoms with Gasteiger partial charge >= 0.3 is 5.97 Å². The minimum Gasteiger partial charge on any atom is -0.466 e. The first-order valence-electron chi connectivity index (χ1n) is 8.27. The number of nitrogens with zero attached hydrogens (tertiary/aromatic N) is 1. The van der Waals surface area contributed by atoms with Crippen LogP contribution in [-0.2, 0) is 14.3 Å². The van der Waals surface area contributed by atoms with Crippen LogP contribution in [0.25, 0.3) is 0 Å². The minimum absolute atomic E-state index is 0.0173. The van der Waals surface area contributed by atoms with Gasteiger partial charge in [-0.3, -0.25) is 9.69 Å². The van der Waals surface area contributed by atoms with Crippen molar-refractivity contribution in [2.75, 3.05) is 56.4 Å². The van der Waals surface area contributed by atoms with Gasteiger partial charge in [-0.25, -0.2) is 0 Å². The van der Waals surface area contributed by atoms with Crippen LogP contribution in [0.3, 0.4) is 0 Å². The van der Waals surface area contributed by atoms with Crippen molar-refractivity contribution in [1.82, 2.24) is 4.90 Å². The third-order valence-electron chi connectivity index (χ3n) is 4.76. The standard InChI is InChI=1S/C16H29NO3S2/c1-3-20-15(18)16(6-9-19-2)4-7-17(8-5-16)14-12-21-10-11-22-13-14/h14H,3-13H2,1-2H3. The van der Waals surface area contributed by atoms with E-state index < -0.39 is 0 Å². The maximum Gasteiger partial charge on any atom is 0.312 e. The Hall–Kier alpha value is 0.0900. The average molecular weight is 348 g/mol. The second-order valence-electron chi connectivity index (χ2n) is 6.08. The Morgan fingerprint density at radius 1 is 1.23 bits per heavy atom. The largest absolute Gasteiger partial charge is 0.466 e. The number of ether oxygens (including phenoxy) is 2. The van der Waals surface area contributed by atoms with E-state index in [1.807, 2.05) is 6.92 Å². The third kappa shape index (κ3) is 4.79. The van der Waals surface area contributed by atoms with Crippen LogP contribution in [0.2, 0.25) is 0 Å². The van der Waals surface area contributed by atoms with E-state index in [4.69, 9.17) is 9.47 Å². The van der Waals surface area contributed by atoms with Gasteiger partial charge in [-0.05, 0) is 39.3 Å². The number of methoxy groups -OCH3 is 1. The highest BCUT2D eigenvalue weighted by molar-refractivity contribution is 8.03. The average Bonchev–Trinajstić information content (AvgIpc) is 2.83. The fourth-order valence-electron chi connectivity index (χ4n) is 3.27. The number of piperidine rings is 1. The Kier molecular flexibility index (Phi) is 7.88. The predicted molar refractivity (Wildman–Crippen MR) is 94.8 cm³/mol. The van der Waals surface area contributed by atoms with Gasteiger partial charge in [-0.2, -0.15) is 23.5 Å². The molecule has 0 bridgehead atoms. The monoisotopic (exact) mass is 347 g/mol. The Bertz CT molecular complexity index is 338. The summed E-state index contributed by atoms with van der Waals surface area (Å²) in [4.78, 5) is 15.1. The molecule has 0 radical (unpaired) electrons. The Balaban J connectivity index is 1.94. The van der Waals surface area contributed by atoms with Crippen LogP contribution >= 0.6 is 23.5 Å². The number of hydrogen-bond acceptors (Lipinski definition) is 6. The highest BCUT2D eigenvalue weighted by atomic mass is 32.2. The lowest BCUT2D eigenvalue weighted by Gasteiger charge is -2.42. The second kappa shape index (κ2) is 9.40. The van der Waals surface area contributed by atoms with Gasteiger partial charge in [0.25, 0.3) is 0 Å². The maximum absolute atomic E-state index is 12.5. The van der Waals surface area contributed by atoms with Crippen molar-refractivity contribution in [2.45, 2.75) is 32.2 Å². The number of esters is 1. The maximum atomic E-state index is 12.5. The lowest BCUT2D eigenvalue weighted by molar-refractivity contribution is -0.160. The number of carbonyl (C=O) groups excluding carboxylic acids is 1. The van der Waals surface area contributed by atoms with Crippen molar-refractivity contribution in [3.05, 3.63) is 0 Å². The molecule has 2 fully saturated rings. The van der Waals surface area contributed by atoms with Crippen LogP contribution < -0.4 is 0 Å². The summed E-state index contributed by atoms with van der Waals surface area (Å²) in [5, 5.41) is 0. The van der Waals surface area contributed by atoms with Gasteiger partial charge in [0.2, 0.25) is 0 Å². The van der Waals surface area contributed by atoms with Crippen molar-refractivity contribution in [3.8, 4) is 0 Å². The highest BCUT2D eigenvalue weighted by Crippen LogP contribution is 2.38. The lowest BCUT2D eigenvalue weighted by atomic mass is 9.75. The summed E-state index contributed by atoms with van der Waals surface area (Å²) in [6.07, 6.45) is 2.59. The van der Waals surface area contributed by atoms with Gasteiger partial charge in [0.05, 0.1) is 12.0 Å². The zero-order valence-electron chi connectivity index (χ0n) is 13.8. The highest BCUT2D eigenvalue weighted by Gasteiger charge is 2.43. The molecule has 0 aliphatic carbocycles. The molecule has 0 aromatic heterocycles. The molecule has 2 heterocycles. The molecule has 0 aromatic carbocycles. The van der Waals surface area contributed by atoms with E-state index in [2.05, 4.69) is 28.4 Å². The van der Waals surface area contributed by atoms with Gasteiger partial charge in [0.1, 0.15) is 0 Å². The summed E-state index contributed by atoms with van der Waals surface area (Å²) in [6, 6.07) is 0.667. The van der Waals surface area contributed by atoms with E-state index in [0.717, 1.165) is 32.4 Å². The number of rotatable bonds is 6. The van der Waals surface area contributed by atoms with E-state index in [1.54, 1.807) is 7.11 Å². The topological polar surface area (TPSA) is 38.8 Å². The van der Waals surface area contributed by atoms with Gasteiger partial charge in [-0.15, -0.1) is 0 Å². The SMILES string of the molecule is CCOC(=O)C1(CCOC)CCN(C2CSCCSC2)CC1. The zero-order chi connectivity index (χ0) is 15.8. The second-order valence-corrected chi connectivity index (χ2v) is 8.38. The third-order valence-corrected chi connectivity index (χ3v) is 7.24. The van der Waals surface area contributed by atoms with E-state index in [0.29, 0.717) is 19.3 Å². The molecule has 2 saturated heterocycles. The molecule has 4 nitrogen and oxygen atoms in total. The van der Waals surface area contributed by atoms with Crippen molar-refractivity contribution in [2.24, 2.45) is 5.41 Å². The Morgan fingerprint density at radius 3 is 2.41 bits per heavy atom. The summed E-state index contributed by atoms with van der Waals surface area (Å²) in [7, 11) is 1.70. The van der Waals surface area contributed by atoms with Crippen LogP contribution in [0.15, 0.2) is 0 Å². The summed E-state index contributed by atoms with van der Waals surface area (Å²) < 4.78 is 10.6. The summed E-state index contributed by atoms with van der Waals surface area (Å²) in [5.41, 5.74) is -0.326. The van der Waals surface area contributed by atoms with Gasteiger partial charge in [-0.1, -0.05) is 0 Å². The molecule has 0 saturated carbocycles. The normalized spacial score (nSPS) is 23.9. The number of carbonyl (C=O) groups is 1. The summed E-state index contributed by atoms with van der Waals surface area (Å²) in [5.74, 6) is 5.00. The lowest BCUT2D eigenvalue weighted by Crippen LogP contribution is -2.50. The first kappa shape index (κ1) is 18.4. The van der Waals surface area contributed by atoms with E-state index in [1.165, 1.54) is 23.0 Å². The smallest absolute Gasteiger partial charge is 0.312 e. The van der Waals surface area contributed by atoms with E-state index in [9.17, 15) is 4.79 Å². The fraction of sp³-hybridized carbons (Fsp3) is 0.938. The molecule has 128 valence electrons. The molecular formula is C16H29NO3S2. The Morgan fingerprint density at radius 2 is 1.86 bits per heavy atom. The molecule has 2 aliphatic rings. The van der Waals surface area contributed by atoms with Crippen LogP contribution in [0.4, 0.5) is 0 Å². The van der Waals surface area contributed by atoms with Crippen molar-refractivity contribution in [1.29, 1.82) is 0 Å². The molecule has 0 aromatic rings. The number of likely N-dealkylation sites (tertiary alicyclic amines) is 1. The van der Waals surface area contributed by atoms with E-state index >= 15 is 0 Å². The molecule has 0 unspecified atom stereocenters. The predicted octanol–water partition coefficient (Wildman–Crippen LogP) is 2.52. The van der Waals surface area contributed by atoms with Crippen molar-refractivity contribution in [3.63, 3.8) is 0 Å². The molecule has 6 heteroatoms. The molecular weight excluding hydrogens is 318 g/mol. The van der Waals surface area contributed by atoms with Gasteiger partial charge < -0.3 is 9.47 Å². The minimum atomic E-state index is -0.326. The summed E-state index contributed by atoms with van der Waals surface area (Å²) >= 11 is 4.14. The number of thioether (sulfide) groups is 2. The quantitative estimate of drug-likeness (QED) is 0.688. The molecule has 2 rings (SSSR count). The van der Waals surface area contributed by atoms with Crippen molar-refractivity contribution >= 4 is 29.5 Å². The summed E-state index contributed by atoms with van der Waals surface area (Å²) in [6.45, 7) is 5.00. The first-order valence-corrected chi connectivity index (χ1v) is 10.6. The van der Waals surface area contributed by atoms with Gasteiger partial charge in [0, 0.05) is 42.8 Å². The molecule has 0 N–H and O–H groups in total. The fourth-order valence-corrected chi connectivity index (χ4v) is 5.90. The van der Waals surface area contributed by atoms with Crippen molar-refractivity contribution < 1.29 is 14.3 Å². The molecule has 0 atom stereocenters.